The molecular formula is C29H24N4O3S3. The number of hydrogen-bond acceptors (Lipinski definition) is 7. The molecule has 1 saturated heterocycles. The molecule has 3 aromatic carbocycles. The molecule has 0 atom stereocenters. The summed E-state index contributed by atoms with van der Waals surface area (Å²) in [5.74, 6) is 0.493. The van der Waals surface area contributed by atoms with Gasteiger partial charge >= 0.3 is 0 Å². The molecule has 6 rings (SSSR count). The van der Waals surface area contributed by atoms with Crippen molar-refractivity contribution in [2.45, 2.75) is 11.4 Å². The first kappa shape index (κ1) is 25.4. The van der Waals surface area contributed by atoms with E-state index in [1.54, 1.807) is 35.4 Å². The molecular weight excluding hydrogens is 549 g/mol. The maximum absolute atomic E-state index is 14.1. The van der Waals surface area contributed by atoms with Gasteiger partial charge in [-0.05, 0) is 42.0 Å². The number of carbonyl (C=O) groups is 1. The van der Waals surface area contributed by atoms with Crippen LogP contribution in [0, 0.1) is 0 Å². The van der Waals surface area contributed by atoms with Gasteiger partial charge < -0.3 is 14.5 Å². The fourth-order valence-corrected chi connectivity index (χ4v) is 7.49. The normalized spacial score (nSPS) is 17.8. The van der Waals surface area contributed by atoms with E-state index in [-0.39, 0.29) is 11.5 Å². The number of nitrogens with zero attached hydrogens (tertiary/aromatic N) is 4. The molecule has 1 amide bonds. The van der Waals surface area contributed by atoms with Crippen molar-refractivity contribution in [3.05, 3.63) is 104 Å². The van der Waals surface area contributed by atoms with Gasteiger partial charge in [0.1, 0.15) is 25.7 Å². The zero-order chi connectivity index (χ0) is 27.3. The number of carbonyl (C=O) groups excluding carboxylic acids is 1. The zero-order valence-electron chi connectivity index (χ0n) is 21.5. The molecule has 2 aliphatic rings. The van der Waals surface area contributed by atoms with Crippen molar-refractivity contribution in [3.8, 4) is 5.75 Å². The fraction of sp³-hybridized carbons (Fsp3) is 0.138. The molecule has 7 nitrogen and oxygen atoms in total. The van der Waals surface area contributed by atoms with Gasteiger partial charge in [-0.3, -0.25) is 19.1 Å². The van der Waals surface area contributed by atoms with Crippen LogP contribution in [0.15, 0.2) is 88.6 Å². The number of thioether (sulfide) groups is 1. The average Bonchev–Trinajstić information content (AvgIpc) is 3.53. The topological polar surface area (TPSA) is 58.0 Å². The SMILES string of the molecule is COc1ccc2c(c1)N(C)C(=c1sc(=C3C(=O)N(c4ccccc4)C(=S)N3C)n(Cc3ccccc3)c1=O)S2. The summed E-state index contributed by atoms with van der Waals surface area (Å²) in [6.45, 7) is 0.330. The van der Waals surface area contributed by atoms with Crippen LogP contribution in [0.3, 0.4) is 0 Å². The van der Waals surface area contributed by atoms with Crippen molar-refractivity contribution < 1.29 is 9.53 Å². The van der Waals surface area contributed by atoms with Crippen molar-refractivity contribution in [2.75, 3.05) is 31.0 Å². The highest BCUT2D eigenvalue weighted by atomic mass is 32.2. The smallest absolute Gasteiger partial charge is 0.284 e. The number of thiazole rings is 1. The predicted molar refractivity (Wildman–Crippen MR) is 162 cm³/mol. The summed E-state index contributed by atoms with van der Waals surface area (Å²) in [4.78, 5) is 34.3. The van der Waals surface area contributed by atoms with Gasteiger partial charge in [0, 0.05) is 25.1 Å². The Hall–Kier alpha value is -3.86. The van der Waals surface area contributed by atoms with Crippen molar-refractivity contribution >= 4 is 68.4 Å². The van der Waals surface area contributed by atoms with Crippen molar-refractivity contribution in [1.29, 1.82) is 0 Å². The molecule has 0 radical (unpaired) electrons. The first-order valence-corrected chi connectivity index (χ1v) is 14.2. The highest BCUT2D eigenvalue weighted by molar-refractivity contribution is 8.08. The van der Waals surface area contributed by atoms with E-state index < -0.39 is 0 Å². The molecule has 0 N–H and O–H groups in total. The molecule has 39 heavy (non-hydrogen) atoms. The van der Waals surface area contributed by atoms with Crippen LogP contribution in [-0.4, -0.2) is 41.7 Å². The third-order valence-corrected chi connectivity index (χ3v) is 9.74. The Kier molecular flexibility index (Phi) is 6.54. The second-order valence-electron chi connectivity index (χ2n) is 9.08. The van der Waals surface area contributed by atoms with Crippen LogP contribution in [0.25, 0.3) is 10.7 Å². The van der Waals surface area contributed by atoms with Crippen LogP contribution in [0.4, 0.5) is 11.4 Å². The maximum Gasteiger partial charge on any atom is 0.284 e. The molecule has 1 aromatic heterocycles. The van der Waals surface area contributed by atoms with Crippen molar-refractivity contribution in [1.82, 2.24) is 9.47 Å². The Morgan fingerprint density at radius 1 is 0.897 bits per heavy atom. The molecule has 2 aliphatic heterocycles. The minimum absolute atomic E-state index is 0.147. The Bertz CT molecular complexity index is 1800. The molecule has 0 spiro atoms. The Balaban J connectivity index is 1.59. The van der Waals surface area contributed by atoms with Gasteiger partial charge in [-0.15, -0.1) is 11.3 Å². The summed E-state index contributed by atoms with van der Waals surface area (Å²) in [5.41, 5.74) is 2.86. The number of methoxy groups -OCH3 is 1. The van der Waals surface area contributed by atoms with Crippen molar-refractivity contribution in [2.24, 2.45) is 0 Å². The van der Waals surface area contributed by atoms with E-state index in [9.17, 15) is 9.59 Å². The number of hydrogen-bond donors (Lipinski definition) is 0. The second kappa shape index (κ2) is 10.0. The number of fused-ring (bicyclic) bond motifs is 1. The minimum atomic E-state index is -0.256. The summed E-state index contributed by atoms with van der Waals surface area (Å²) >= 11 is 8.57. The molecule has 0 aliphatic carbocycles. The molecule has 10 heteroatoms. The molecule has 0 bridgehead atoms. The summed E-state index contributed by atoms with van der Waals surface area (Å²) < 4.78 is 8.26. The van der Waals surface area contributed by atoms with Crippen LogP contribution in [-0.2, 0) is 11.3 Å². The largest absolute Gasteiger partial charge is 0.497 e. The van der Waals surface area contributed by atoms with Gasteiger partial charge in [-0.25, -0.2) is 0 Å². The van der Waals surface area contributed by atoms with Gasteiger partial charge in [0.2, 0.25) is 0 Å². The number of benzene rings is 3. The number of rotatable bonds is 4. The Morgan fingerprint density at radius 3 is 2.28 bits per heavy atom. The van der Waals surface area contributed by atoms with E-state index in [4.69, 9.17) is 17.0 Å². The van der Waals surface area contributed by atoms with Gasteiger partial charge in [0.25, 0.3) is 11.5 Å². The molecule has 1 fully saturated rings. The second-order valence-corrected chi connectivity index (χ2v) is 11.5. The van der Waals surface area contributed by atoms with E-state index in [2.05, 4.69) is 0 Å². The van der Waals surface area contributed by atoms with E-state index in [0.29, 0.717) is 32.2 Å². The van der Waals surface area contributed by atoms with Crippen LogP contribution in [0.1, 0.15) is 5.56 Å². The minimum Gasteiger partial charge on any atom is -0.497 e. The third kappa shape index (κ3) is 4.25. The standard InChI is InChI=1S/C29H24N4O3S3/c1-30-21-16-20(36-3)14-15-22(21)38-28(30)24-26(35)32(17-18-10-6-4-7-11-18)27(39-24)23-25(34)33(29(37)31(23)2)19-12-8-5-9-13-19/h4-16H,17H2,1-3H3. The summed E-state index contributed by atoms with van der Waals surface area (Å²) in [6, 6.07) is 25.0. The lowest BCUT2D eigenvalue weighted by molar-refractivity contribution is -0.112. The predicted octanol–water partition coefficient (Wildman–Crippen LogP) is 3.65. The molecule has 4 aromatic rings. The quantitative estimate of drug-likeness (QED) is 0.346. The Morgan fingerprint density at radius 2 is 1.59 bits per heavy atom. The summed E-state index contributed by atoms with van der Waals surface area (Å²) in [6.07, 6.45) is 0. The number of aromatic nitrogens is 1. The number of thiocarbonyl (C=S) groups is 1. The molecule has 0 unspecified atom stereocenters. The third-order valence-electron chi connectivity index (χ3n) is 6.74. The molecule has 3 heterocycles. The summed E-state index contributed by atoms with van der Waals surface area (Å²) in [7, 11) is 5.36. The number of para-hydroxylation sites is 1. The zero-order valence-corrected chi connectivity index (χ0v) is 23.9. The Labute approximate surface area is 238 Å². The summed E-state index contributed by atoms with van der Waals surface area (Å²) in [5, 5.41) is 1.19. The highest BCUT2D eigenvalue weighted by Gasteiger charge is 2.39. The number of ether oxygens (including phenoxy) is 1. The lowest BCUT2D eigenvalue weighted by Crippen LogP contribution is -2.36. The average molecular weight is 573 g/mol. The van der Waals surface area contributed by atoms with Crippen LogP contribution < -0.4 is 29.3 Å². The van der Waals surface area contributed by atoms with E-state index in [1.807, 2.05) is 90.8 Å². The van der Waals surface area contributed by atoms with Gasteiger partial charge in [-0.2, -0.15) is 0 Å². The highest BCUT2D eigenvalue weighted by Crippen LogP contribution is 2.46. The van der Waals surface area contributed by atoms with Gasteiger partial charge in [-0.1, -0.05) is 60.3 Å². The lowest BCUT2D eigenvalue weighted by atomic mass is 10.2. The van der Waals surface area contributed by atoms with Crippen LogP contribution in [0.5, 0.6) is 5.75 Å². The first-order chi connectivity index (χ1) is 18.9. The monoisotopic (exact) mass is 572 g/mol. The van der Waals surface area contributed by atoms with Crippen LogP contribution in [0.2, 0.25) is 0 Å². The number of anilines is 2. The first-order valence-electron chi connectivity index (χ1n) is 12.2. The van der Waals surface area contributed by atoms with Crippen LogP contribution >= 0.6 is 35.3 Å². The molecule has 0 saturated carbocycles. The maximum atomic E-state index is 14.1. The van der Waals surface area contributed by atoms with E-state index in [1.165, 1.54) is 16.2 Å². The van der Waals surface area contributed by atoms with Gasteiger partial charge in [0.15, 0.2) is 5.11 Å². The lowest BCUT2D eigenvalue weighted by Gasteiger charge is -2.16. The van der Waals surface area contributed by atoms with E-state index in [0.717, 1.165) is 26.9 Å². The number of amides is 1. The molecule has 196 valence electrons. The van der Waals surface area contributed by atoms with E-state index >= 15 is 0 Å². The van der Waals surface area contributed by atoms with Gasteiger partial charge in [0.05, 0.1) is 25.0 Å². The number of likely N-dealkylation sites (N-methyl/N-ethyl adjacent to an activating group) is 1. The van der Waals surface area contributed by atoms with Crippen molar-refractivity contribution in [3.63, 3.8) is 0 Å². The fourth-order valence-electron chi connectivity index (χ4n) is 4.71.